The number of alkyl carbamates (subject to hydrolysis) is 1. The van der Waals surface area contributed by atoms with E-state index in [1.54, 1.807) is 0 Å². The van der Waals surface area contributed by atoms with E-state index in [9.17, 15) is 19.8 Å². The highest BCUT2D eigenvalue weighted by Crippen LogP contribution is 2.58. The molecule has 1 aromatic carbocycles. The Labute approximate surface area is 360 Å². The summed E-state index contributed by atoms with van der Waals surface area (Å²) in [4.78, 5) is 35.0. The molecule has 0 aromatic heterocycles. The Kier molecular flexibility index (Phi) is 13.2. The monoisotopic (exact) mass is 845 g/mol. The molecule has 5 aliphatic heterocycles. The summed E-state index contributed by atoms with van der Waals surface area (Å²) in [7, 11) is 2.76. The highest BCUT2D eigenvalue weighted by Gasteiger charge is 2.49. The van der Waals surface area contributed by atoms with Gasteiger partial charge in [0.25, 0.3) is 0 Å². The first kappa shape index (κ1) is 43.7. The lowest BCUT2D eigenvalue weighted by Gasteiger charge is -2.36. The Bertz CT molecular complexity index is 1890. The molecule has 61 heavy (non-hydrogen) atoms. The van der Waals surface area contributed by atoms with E-state index in [2.05, 4.69) is 68.0 Å². The Morgan fingerprint density at radius 2 is 1.77 bits per heavy atom. The van der Waals surface area contributed by atoms with Gasteiger partial charge in [-0.25, -0.2) is 4.79 Å². The first-order valence-electron chi connectivity index (χ1n) is 22.6. The number of rotatable bonds is 14. The van der Waals surface area contributed by atoms with Gasteiger partial charge in [0.05, 0.1) is 56.2 Å². The maximum atomic E-state index is 13.9. The van der Waals surface area contributed by atoms with E-state index in [1.807, 2.05) is 32.6 Å². The predicted molar refractivity (Wildman–Crippen MR) is 232 cm³/mol. The van der Waals surface area contributed by atoms with Crippen LogP contribution < -0.4 is 26.6 Å². The maximum absolute atomic E-state index is 13.9. The largest absolute Gasteiger partial charge is 0.453 e. The smallest absolute Gasteiger partial charge is 0.407 e. The van der Waals surface area contributed by atoms with Crippen LogP contribution in [0.5, 0.6) is 0 Å². The molecule has 3 saturated heterocycles. The number of ether oxygens (including phenoxy) is 3. The number of nitrogens with one attached hydrogen (secondary N) is 5. The van der Waals surface area contributed by atoms with Crippen molar-refractivity contribution < 1.29 is 34.0 Å². The number of nitrogens with zero attached hydrogens (tertiary/aromatic N) is 3. The third kappa shape index (κ3) is 8.58. The van der Waals surface area contributed by atoms with E-state index in [-0.39, 0.29) is 53.4 Å². The highest BCUT2D eigenvalue weighted by atomic mass is 16.6. The van der Waals surface area contributed by atoms with Crippen LogP contribution >= 0.6 is 0 Å². The topological polar surface area (TPSA) is 181 Å². The van der Waals surface area contributed by atoms with Crippen LogP contribution in [0.4, 0.5) is 4.79 Å². The molecule has 0 bridgehead atoms. The average Bonchev–Trinajstić information content (AvgIpc) is 4.13. The number of hydrogen-bond donors (Lipinski definition) is 7. The molecule has 1 spiro atoms. The molecule has 7 N–H and O–H groups in total. The van der Waals surface area contributed by atoms with Crippen LogP contribution in [-0.2, 0) is 19.0 Å². The first-order valence-corrected chi connectivity index (χ1v) is 22.6. The second-order valence-corrected chi connectivity index (χ2v) is 18.8. The molecular formula is C46H68N8O7. The Balaban J connectivity index is 0.946. The minimum Gasteiger partial charge on any atom is -0.453 e. The SMILES string of the molecule is COC(=O)N[C@@H](C(C)C)C(O)N1CCC[C@H]1C1=NCC(c2ccc(C3CC=C(C4=CNC(C5CCCN5C(=O)[C@@H](NC(O)OC)C(C)C)N4)C4=C3C3(CCOC3)CC4)cc2)N1. The summed E-state index contributed by atoms with van der Waals surface area (Å²) in [6.07, 6.45) is 9.48. The number of aliphatic hydroxyl groups is 2. The van der Waals surface area contributed by atoms with Gasteiger partial charge in [-0.15, -0.1) is 0 Å². The third-order valence-corrected chi connectivity index (χ3v) is 14.5. The lowest BCUT2D eigenvalue weighted by Crippen LogP contribution is -2.58. The van der Waals surface area contributed by atoms with E-state index < -0.39 is 30.8 Å². The number of allylic oxidation sites excluding steroid dienone is 2. The molecule has 8 rings (SSSR count). The fraction of sp³-hybridized carbons (Fsp3) is 0.674. The van der Waals surface area contributed by atoms with Crippen molar-refractivity contribution in [2.24, 2.45) is 22.2 Å². The van der Waals surface area contributed by atoms with Gasteiger partial charge in [0.2, 0.25) is 12.3 Å². The van der Waals surface area contributed by atoms with Crippen LogP contribution in [-0.4, -0.2) is 128 Å². The van der Waals surface area contributed by atoms with E-state index in [1.165, 1.54) is 42.1 Å². The normalized spacial score (nSPS) is 30.8. The average molecular weight is 845 g/mol. The molecule has 0 radical (unpaired) electrons. The molecule has 15 heteroatoms. The van der Waals surface area contributed by atoms with Crippen LogP contribution in [0.3, 0.4) is 0 Å². The number of likely N-dealkylation sites (tertiary alicyclic amines) is 2. The molecular weight excluding hydrogens is 777 g/mol. The Morgan fingerprint density at radius 1 is 1.00 bits per heavy atom. The molecule has 15 nitrogen and oxygen atoms in total. The van der Waals surface area contributed by atoms with Crippen LogP contribution in [0.1, 0.15) is 102 Å². The number of benzene rings is 1. The third-order valence-electron chi connectivity index (χ3n) is 14.5. The van der Waals surface area contributed by atoms with Crippen LogP contribution in [0.15, 0.2) is 64.0 Å². The van der Waals surface area contributed by atoms with Gasteiger partial charge in [-0.1, -0.05) is 58.0 Å². The lowest BCUT2D eigenvalue weighted by molar-refractivity contribution is -0.145. The van der Waals surface area contributed by atoms with Crippen molar-refractivity contribution in [1.29, 1.82) is 0 Å². The standard InChI is InChI=1S/C46H68N8O7/c1-26(2)38(51-44(57)59-5)42(55)53-20-7-9-35(53)40-47-23-33(49-40)29-13-11-28(12-14-29)30-15-16-31(32-17-18-46(37(30)32)19-22-61-25-46)34-24-48-41(50-34)36-10-8-21-54(36)43(56)39(27(3)4)52-45(58)60-6/h11-14,16,24,26-27,30,33,35-36,38-39,41-42,45,48,50,52,55,58H,7-10,15,17-23,25H2,1-6H3,(H,47,49)(H,51,57)/t30?,33?,35-,36?,38-,39-,41?,42?,45?,46?/m0/s1. The highest BCUT2D eigenvalue weighted by molar-refractivity contribution is 5.89. The number of amides is 2. The minimum atomic E-state index is -1.21. The van der Waals surface area contributed by atoms with Gasteiger partial charge in [0.1, 0.15) is 18.2 Å². The summed E-state index contributed by atoms with van der Waals surface area (Å²) in [6, 6.07) is 8.07. The maximum Gasteiger partial charge on any atom is 0.407 e. The number of fused-ring (bicyclic) bond motifs is 1. The number of carbonyl (C=O) groups excluding carboxylic acids is 2. The molecule has 2 amide bonds. The number of amidine groups is 1. The first-order chi connectivity index (χ1) is 29.4. The van der Waals surface area contributed by atoms with E-state index in [0.717, 1.165) is 82.7 Å². The van der Waals surface area contributed by atoms with Crippen molar-refractivity contribution >= 4 is 17.8 Å². The summed E-state index contributed by atoms with van der Waals surface area (Å²) in [5, 5.41) is 38.6. The number of carbonyl (C=O) groups is 2. The second-order valence-electron chi connectivity index (χ2n) is 18.8. The van der Waals surface area contributed by atoms with E-state index in [4.69, 9.17) is 19.2 Å². The van der Waals surface area contributed by atoms with Gasteiger partial charge >= 0.3 is 6.09 Å². The van der Waals surface area contributed by atoms with E-state index in [0.29, 0.717) is 13.1 Å². The molecule has 7 aliphatic rings. The molecule has 5 heterocycles. The molecule has 3 fully saturated rings. The predicted octanol–water partition coefficient (Wildman–Crippen LogP) is 3.69. The quantitative estimate of drug-likeness (QED) is 0.135. The van der Waals surface area contributed by atoms with Gasteiger partial charge in [0, 0.05) is 44.3 Å². The molecule has 334 valence electrons. The summed E-state index contributed by atoms with van der Waals surface area (Å²) in [5.41, 5.74) is 7.88. The molecule has 7 unspecified atom stereocenters. The van der Waals surface area contributed by atoms with Gasteiger partial charge < -0.3 is 50.6 Å². The summed E-state index contributed by atoms with van der Waals surface area (Å²) >= 11 is 0. The van der Waals surface area contributed by atoms with Crippen LogP contribution in [0.2, 0.25) is 0 Å². The van der Waals surface area contributed by atoms with Crippen molar-refractivity contribution in [3.8, 4) is 0 Å². The van der Waals surface area contributed by atoms with Gasteiger partial charge in [-0.05, 0) is 91.0 Å². The summed E-state index contributed by atoms with van der Waals surface area (Å²) in [6.45, 7) is 11.5. The second kappa shape index (κ2) is 18.4. The van der Waals surface area contributed by atoms with Crippen molar-refractivity contribution in [2.45, 2.75) is 134 Å². The number of hydrogen-bond acceptors (Lipinski definition) is 13. The number of aliphatic imine (C=N–C) groups is 1. The van der Waals surface area contributed by atoms with Crippen molar-refractivity contribution in [1.82, 2.24) is 36.4 Å². The van der Waals surface area contributed by atoms with Gasteiger partial charge in [-0.3, -0.25) is 20.0 Å². The summed E-state index contributed by atoms with van der Waals surface area (Å²) < 4.78 is 16.0. The van der Waals surface area contributed by atoms with Crippen LogP contribution in [0.25, 0.3) is 0 Å². The lowest BCUT2D eigenvalue weighted by atomic mass is 9.69. The number of aliphatic hydroxyl groups excluding tert-OH is 2. The van der Waals surface area contributed by atoms with Crippen molar-refractivity contribution in [3.05, 3.63) is 70.1 Å². The minimum absolute atomic E-state index is 0.0101. The zero-order valence-corrected chi connectivity index (χ0v) is 36.8. The summed E-state index contributed by atoms with van der Waals surface area (Å²) in [5.74, 6) is 1.14. The Hall–Kier alpha value is -3.99. The van der Waals surface area contributed by atoms with Gasteiger partial charge in [0.15, 0.2) is 0 Å². The van der Waals surface area contributed by atoms with Crippen LogP contribution in [0, 0.1) is 17.3 Å². The van der Waals surface area contributed by atoms with Gasteiger partial charge in [-0.2, -0.15) is 0 Å². The molecule has 1 aromatic rings. The zero-order chi connectivity index (χ0) is 43.0. The fourth-order valence-corrected chi connectivity index (χ4v) is 11.2. The zero-order valence-electron chi connectivity index (χ0n) is 36.8. The molecule has 0 saturated carbocycles. The molecule has 2 aliphatic carbocycles. The fourth-order valence-electron chi connectivity index (χ4n) is 11.2. The van der Waals surface area contributed by atoms with E-state index >= 15 is 0 Å². The van der Waals surface area contributed by atoms with Crippen molar-refractivity contribution in [3.63, 3.8) is 0 Å². The van der Waals surface area contributed by atoms with Crippen molar-refractivity contribution in [2.75, 3.05) is 47.1 Å². The Morgan fingerprint density at radius 3 is 2.48 bits per heavy atom. The molecule has 10 atom stereocenters. The number of methoxy groups -OCH3 is 2.